The third kappa shape index (κ3) is 3.67. The molecule has 3 saturated heterocycles. The molecule has 1 aromatic carbocycles. The van der Waals surface area contributed by atoms with Crippen LogP contribution >= 0.6 is 0 Å². The summed E-state index contributed by atoms with van der Waals surface area (Å²) in [7, 11) is 3.59. The molecule has 1 saturated carbocycles. The van der Waals surface area contributed by atoms with Gasteiger partial charge in [0, 0.05) is 38.5 Å². The Hall–Kier alpha value is -1.95. The van der Waals surface area contributed by atoms with Gasteiger partial charge in [-0.25, -0.2) is 0 Å². The average molecular weight is 400 g/mol. The molecule has 5 rings (SSSR count). The third-order valence-corrected chi connectivity index (χ3v) is 7.24. The van der Waals surface area contributed by atoms with E-state index in [1.807, 2.05) is 13.1 Å². The molecular weight excluding hydrogens is 366 g/mol. The lowest BCUT2D eigenvalue weighted by Crippen LogP contribution is -2.41. The van der Waals surface area contributed by atoms with Crippen molar-refractivity contribution >= 4 is 5.96 Å². The van der Waals surface area contributed by atoms with Crippen LogP contribution in [-0.2, 0) is 11.3 Å². The lowest BCUT2D eigenvalue weighted by Gasteiger charge is -2.23. The Kier molecular flexibility index (Phi) is 5.29. The number of likely N-dealkylation sites (tertiary alicyclic amines) is 1. The number of methoxy groups -OCH3 is 1. The number of ether oxygens (including phenoxy) is 3. The Labute approximate surface area is 173 Å². The first-order valence-electron chi connectivity index (χ1n) is 11.2. The highest BCUT2D eigenvalue weighted by Crippen LogP contribution is 2.47. The highest BCUT2D eigenvalue weighted by atomic mass is 16.5. The molecule has 29 heavy (non-hydrogen) atoms. The molecule has 6 heteroatoms. The maximum absolute atomic E-state index is 6.24. The Morgan fingerprint density at radius 1 is 1.10 bits per heavy atom. The Morgan fingerprint density at radius 3 is 2.48 bits per heavy atom. The molecule has 3 aliphatic heterocycles. The van der Waals surface area contributed by atoms with Gasteiger partial charge in [-0.15, -0.1) is 0 Å². The van der Waals surface area contributed by atoms with E-state index in [9.17, 15) is 0 Å². The van der Waals surface area contributed by atoms with Gasteiger partial charge < -0.3 is 24.4 Å². The highest BCUT2D eigenvalue weighted by molar-refractivity contribution is 5.80. The topological polar surface area (TPSA) is 55.3 Å². The van der Waals surface area contributed by atoms with Crippen molar-refractivity contribution in [3.63, 3.8) is 0 Å². The molecule has 3 heterocycles. The molecule has 0 aromatic heterocycles. The molecular formula is C23H33N3O3. The van der Waals surface area contributed by atoms with Crippen LogP contribution < -0.4 is 14.8 Å². The Balaban J connectivity index is 1.22. The van der Waals surface area contributed by atoms with Crippen LogP contribution in [0, 0.1) is 11.8 Å². The van der Waals surface area contributed by atoms with Gasteiger partial charge in [-0.05, 0) is 56.2 Å². The van der Waals surface area contributed by atoms with Crippen LogP contribution in [0.2, 0.25) is 0 Å². The Morgan fingerprint density at radius 2 is 1.83 bits per heavy atom. The predicted molar refractivity (Wildman–Crippen MR) is 113 cm³/mol. The standard InChI is InChI=1S/C23H33N3O3/c1-24-23(26-13-17-18(14-26)20-10-9-19(17)29-20)25-12-15-7-8-21(27-2)22(11-15)28-16-5-3-4-6-16/h7-8,11,16-20H,3-6,9-10,12-14H2,1-2H3,(H,24,25). The first-order chi connectivity index (χ1) is 14.2. The van der Waals surface area contributed by atoms with E-state index in [2.05, 4.69) is 27.3 Å². The SMILES string of the molecule is CN=C(NCc1ccc(OC)c(OC2CCCC2)c1)N1CC2C3CCC(O3)C2C1. The number of fused-ring (bicyclic) bond motifs is 5. The highest BCUT2D eigenvalue weighted by Gasteiger charge is 2.53. The number of rotatable bonds is 5. The second-order valence-corrected chi connectivity index (χ2v) is 8.93. The zero-order chi connectivity index (χ0) is 19.8. The number of aliphatic imine (C=N–C) groups is 1. The molecule has 1 N–H and O–H groups in total. The summed E-state index contributed by atoms with van der Waals surface area (Å²) in [5.41, 5.74) is 1.18. The van der Waals surface area contributed by atoms with Gasteiger partial charge in [-0.3, -0.25) is 4.99 Å². The largest absolute Gasteiger partial charge is 0.493 e. The van der Waals surface area contributed by atoms with E-state index in [-0.39, 0.29) is 0 Å². The molecule has 2 bridgehead atoms. The van der Waals surface area contributed by atoms with Crippen LogP contribution in [0.1, 0.15) is 44.1 Å². The molecule has 0 spiro atoms. The average Bonchev–Trinajstić information content (AvgIpc) is 3.51. The van der Waals surface area contributed by atoms with Crippen LogP contribution in [-0.4, -0.2) is 56.4 Å². The zero-order valence-corrected chi connectivity index (χ0v) is 17.6. The summed E-state index contributed by atoms with van der Waals surface area (Å²) in [6, 6.07) is 6.23. The van der Waals surface area contributed by atoms with E-state index in [0.29, 0.717) is 30.1 Å². The first-order valence-corrected chi connectivity index (χ1v) is 11.2. The van der Waals surface area contributed by atoms with E-state index >= 15 is 0 Å². The summed E-state index contributed by atoms with van der Waals surface area (Å²) in [4.78, 5) is 6.98. The molecule has 4 fully saturated rings. The van der Waals surface area contributed by atoms with Gasteiger partial charge in [0.2, 0.25) is 0 Å². The predicted octanol–water partition coefficient (Wildman–Crippen LogP) is 3.20. The number of hydrogen-bond donors (Lipinski definition) is 1. The molecule has 0 amide bonds. The summed E-state index contributed by atoms with van der Waals surface area (Å²) in [5, 5.41) is 3.56. The van der Waals surface area contributed by atoms with Crippen molar-refractivity contribution < 1.29 is 14.2 Å². The van der Waals surface area contributed by atoms with Gasteiger partial charge in [0.25, 0.3) is 0 Å². The molecule has 6 nitrogen and oxygen atoms in total. The van der Waals surface area contributed by atoms with E-state index < -0.39 is 0 Å². The molecule has 0 radical (unpaired) electrons. The van der Waals surface area contributed by atoms with Crippen LogP contribution in [0.25, 0.3) is 0 Å². The molecule has 4 aliphatic rings. The quantitative estimate of drug-likeness (QED) is 0.609. The van der Waals surface area contributed by atoms with Crippen molar-refractivity contribution in [2.24, 2.45) is 16.8 Å². The van der Waals surface area contributed by atoms with Crippen LogP contribution in [0.15, 0.2) is 23.2 Å². The van der Waals surface area contributed by atoms with Gasteiger partial charge in [-0.1, -0.05) is 6.07 Å². The minimum absolute atomic E-state index is 0.321. The van der Waals surface area contributed by atoms with Crippen LogP contribution in [0.5, 0.6) is 11.5 Å². The van der Waals surface area contributed by atoms with Crippen molar-refractivity contribution in [1.29, 1.82) is 0 Å². The van der Waals surface area contributed by atoms with E-state index in [1.54, 1.807) is 7.11 Å². The van der Waals surface area contributed by atoms with Crippen LogP contribution in [0.4, 0.5) is 0 Å². The van der Waals surface area contributed by atoms with Crippen molar-refractivity contribution in [1.82, 2.24) is 10.2 Å². The van der Waals surface area contributed by atoms with E-state index in [0.717, 1.165) is 49.9 Å². The van der Waals surface area contributed by atoms with Crippen LogP contribution in [0.3, 0.4) is 0 Å². The van der Waals surface area contributed by atoms with E-state index in [4.69, 9.17) is 14.2 Å². The normalized spacial score (nSPS) is 31.4. The summed E-state index contributed by atoms with van der Waals surface area (Å²) in [6.45, 7) is 2.85. The van der Waals surface area contributed by atoms with Crippen molar-refractivity contribution in [3.05, 3.63) is 23.8 Å². The fourth-order valence-corrected chi connectivity index (χ4v) is 5.76. The van der Waals surface area contributed by atoms with Gasteiger partial charge in [0.15, 0.2) is 17.5 Å². The minimum atomic E-state index is 0.321. The first kappa shape index (κ1) is 19.0. The fraction of sp³-hybridized carbons (Fsp3) is 0.696. The Bertz CT molecular complexity index is 744. The van der Waals surface area contributed by atoms with Crippen molar-refractivity contribution in [3.8, 4) is 11.5 Å². The molecule has 4 atom stereocenters. The van der Waals surface area contributed by atoms with Crippen molar-refractivity contribution in [2.75, 3.05) is 27.2 Å². The molecule has 158 valence electrons. The fourth-order valence-electron chi connectivity index (χ4n) is 5.76. The second kappa shape index (κ2) is 8.05. The number of benzene rings is 1. The molecule has 1 aliphatic carbocycles. The minimum Gasteiger partial charge on any atom is -0.493 e. The summed E-state index contributed by atoms with van der Waals surface area (Å²) < 4.78 is 17.9. The maximum atomic E-state index is 6.24. The van der Waals surface area contributed by atoms with Crippen molar-refractivity contribution in [2.45, 2.75) is 63.4 Å². The van der Waals surface area contributed by atoms with Gasteiger partial charge in [0.05, 0.1) is 25.4 Å². The zero-order valence-electron chi connectivity index (χ0n) is 17.6. The smallest absolute Gasteiger partial charge is 0.193 e. The van der Waals surface area contributed by atoms with Gasteiger partial charge in [-0.2, -0.15) is 0 Å². The lowest BCUT2D eigenvalue weighted by molar-refractivity contribution is 0.0767. The lowest BCUT2D eigenvalue weighted by atomic mass is 9.82. The summed E-state index contributed by atoms with van der Waals surface area (Å²) >= 11 is 0. The number of hydrogen-bond acceptors (Lipinski definition) is 4. The number of nitrogens with zero attached hydrogens (tertiary/aromatic N) is 2. The number of nitrogens with one attached hydrogen (secondary N) is 1. The summed E-state index contributed by atoms with van der Waals surface area (Å²) in [6.07, 6.45) is 8.55. The monoisotopic (exact) mass is 399 g/mol. The second-order valence-electron chi connectivity index (χ2n) is 8.93. The number of guanidine groups is 1. The third-order valence-electron chi connectivity index (χ3n) is 7.24. The van der Waals surface area contributed by atoms with Gasteiger partial charge in [0.1, 0.15) is 0 Å². The maximum Gasteiger partial charge on any atom is 0.193 e. The molecule has 4 unspecified atom stereocenters. The van der Waals surface area contributed by atoms with Gasteiger partial charge >= 0.3 is 0 Å². The van der Waals surface area contributed by atoms with E-state index in [1.165, 1.54) is 31.2 Å². The summed E-state index contributed by atoms with van der Waals surface area (Å²) in [5.74, 6) is 4.03. The molecule has 1 aromatic rings.